The van der Waals surface area contributed by atoms with Gasteiger partial charge in [-0.2, -0.15) is 4.31 Å². The Morgan fingerprint density at radius 1 is 0.879 bits per heavy atom. The highest BCUT2D eigenvalue weighted by Crippen LogP contribution is 2.22. The Balaban J connectivity index is 1.35. The number of carbonyl (C=O) groups is 1. The SMILES string of the molecule is O=C(Nc1ccc(S(=O)(=O)N2CCCCC2)cc1)c1cccc(OCCc2ccccc2)c1. The van der Waals surface area contributed by atoms with Crippen LogP contribution in [0, 0.1) is 0 Å². The van der Waals surface area contributed by atoms with E-state index in [9.17, 15) is 13.2 Å². The summed E-state index contributed by atoms with van der Waals surface area (Å²) in [7, 11) is -3.49. The minimum atomic E-state index is -3.49. The summed E-state index contributed by atoms with van der Waals surface area (Å²) in [6.07, 6.45) is 3.63. The summed E-state index contributed by atoms with van der Waals surface area (Å²) in [5.41, 5.74) is 2.20. The van der Waals surface area contributed by atoms with Gasteiger partial charge in [0.15, 0.2) is 0 Å². The Hall–Kier alpha value is -3.16. The zero-order valence-electron chi connectivity index (χ0n) is 18.4. The molecule has 1 saturated heterocycles. The van der Waals surface area contributed by atoms with Gasteiger partial charge in [0.2, 0.25) is 10.0 Å². The summed E-state index contributed by atoms with van der Waals surface area (Å²) in [6.45, 7) is 1.64. The van der Waals surface area contributed by atoms with Gasteiger partial charge in [-0.3, -0.25) is 4.79 Å². The van der Waals surface area contributed by atoms with Crippen LogP contribution in [0.1, 0.15) is 35.2 Å². The number of nitrogens with one attached hydrogen (secondary N) is 1. The summed E-state index contributed by atoms with van der Waals surface area (Å²) < 4.78 is 32.9. The monoisotopic (exact) mass is 464 g/mol. The maximum absolute atomic E-state index is 12.8. The molecular weight excluding hydrogens is 436 g/mol. The molecule has 1 fully saturated rings. The number of ether oxygens (including phenoxy) is 1. The van der Waals surface area contributed by atoms with E-state index < -0.39 is 10.0 Å². The molecule has 1 heterocycles. The van der Waals surface area contributed by atoms with Crippen molar-refractivity contribution in [1.29, 1.82) is 0 Å². The molecule has 33 heavy (non-hydrogen) atoms. The standard InChI is InChI=1S/C26H28N2O4S/c29-26(22-10-7-11-24(20-22)32-19-16-21-8-3-1-4-9-21)27-23-12-14-25(15-13-23)33(30,31)28-17-5-2-6-18-28/h1,3-4,7-15,20H,2,5-6,16-19H2,(H,27,29). The number of rotatable bonds is 8. The van der Waals surface area contributed by atoms with Crippen molar-refractivity contribution in [3.05, 3.63) is 90.0 Å². The Kier molecular flexibility index (Phi) is 7.42. The molecule has 3 aromatic rings. The number of nitrogens with zero attached hydrogens (tertiary/aromatic N) is 1. The van der Waals surface area contributed by atoms with Gasteiger partial charge in [-0.1, -0.05) is 42.8 Å². The molecule has 6 nitrogen and oxygen atoms in total. The molecule has 0 aromatic heterocycles. The van der Waals surface area contributed by atoms with Crippen molar-refractivity contribution in [2.75, 3.05) is 25.0 Å². The fourth-order valence-electron chi connectivity index (χ4n) is 3.83. The van der Waals surface area contributed by atoms with E-state index in [1.807, 2.05) is 24.3 Å². The van der Waals surface area contributed by atoms with Gasteiger partial charge in [-0.25, -0.2) is 8.42 Å². The molecule has 7 heteroatoms. The van der Waals surface area contributed by atoms with E-state index in [1.54, 1.807) is 42.5 Å². The molecule has 1 aliphatic heterocycles. The van der Waals surface area contributed by atoms with Crippen LogP contribution in [0.5, 0.6) is 5.75 Å². The molecule has 1 aliphatic rings. The molecule has 0 bridgehead atoms. The van der Waals surface area contributed by atoms with Crippen molar-refractivity contribution in [2.24, 2.45) is 0 Å². The lowest BCUT2D eigenvalue weighted by atomic mass is 10.1. The van der Waals surface area contributed by atoms with Crippen LogP contribution in [-0.4, -0.2) is 38.3 Å². The number of hydrogen-bond donors (Lipinski definition) is 1. The number of sulfonamides is 1. The van der Waals surface area contributed by atoms with Crippen molar-refractivity contribution >= 4 is 21.6 Å². The van der Waals surface area contributed by atoms with Crippen LogP contribution in [0.4, 0.5) is 5.69 Å². The second-order valence-corrected chi connectivity index (χ2v) is 9.99. The van der Waals surface area contributed by atoms with Crippen molar-refractivity contribution < 1.29 is 17.9 Å². The molecule has 1 amide bonds. The largest absolute Gasteiger partial charge is 0.493 e. The highest BCUT2D eigenvalue weighted by Gasteiger charge is 2.25. The van der Waals surface area contributed by atoms with Gasteiger partial charge in [-0.15, -0.1) is 0 Å². The number of anilines is 1. The average molecular weight is 465 g/mol. The number of hydrogen-bond acceptors (Lipinski definition) is 4. The number of amides is 1. The van der Waals surface area contributed by atoms with E-state index in [4.69, 9.17) is 4.74 Å². The molecule has 0 radical (unpaired) electrons. The predicted molar refractivity (Wildman–Crippen MR) is 129 cm³/mol. The normalized spacial score (nSPS) is 14.5. The summed E-state index contributed by atoms with van der Waals surface area (Å²) in [4.78, 5) is 12.9. The van der Waals surface area contributed by atoms with Gasteiger partial charge in [0.05, 0.1) is 11.5 Å². The minimum absolute atomic E-state index is 0.246. The summed E-state index contributed by atoms with van der Waals surface area (Å²) in [5.74, 6) is 0.344. The molecule has 4 rings (SSSR count). The van der Waals surface area contributed by atoms with E-state index in [2.05, 4.69) is 17.4 Å². The van der Waals surface area contributed by atoms with E-state index in [0.717, 1.165) is 25.7 Å². The van der Waals surface area contributed by atoms with Crippen molar-refractivity contribution in [1.82, 2.24) is 4.31 Å². The molecule has 0 aliphatic carbocycles. The van der Waals surface area contributed by atoms with Crippen LogP contribution >= 0.6 is 0 Å². The van der Waals surface area contributed by atoms with Gasteiger partial charge in [0.25, 0.3) is 5.91 Å². The van der Waals surface area contributed by atoms with Gasteiger partial charge >= 0.3 is 0 Å². The maximum Gasteiger partial charge on any atom is 0.255 e. The Labute approximate surface area is 195 Å². The number of carbonyl (C=O) groups excluding carboxylic acids is 1. The van der Waals surface area contributed by atoms with Crippen molar-refractivity contribution in [3.63, 3.8) is 0 Å². The van der Waals surface area contributed by atoms with Crippen LogP contribution in [0.25, 0.3) is 0 Å². The Bertz CT molecular complexity index is 1170. The molecule has 3 aromatic carbocycles. The first-order chi connectivity index (χ1) is 16.0. The third-order valence-corrected chi connectivity index (χ3v) is 7.58. The molecule has 172 valence electrons. The van der Waals surface area contributed by atoms with Gasteiger partial charge in [0.1, 0.15) is 5.75 Å². The molecule has 1 N–H and O–H groups in total. The average Bonchev–Trinajstić information content (AvgIpc) is 2.86. The zero-order chi connectivity index (χ0) is 23.1. The van der Waals surface area contributed by atoms with Crippen molar-refractivity contribution in [3.8, 4) is 5.75 Å². The second-order valence-electron chi connectivity index (χ2n) is 8.06. The lowest BCUT2D eigenvalue weighted by Crippen LogP contribution is -2.35. The highest BCUT2D eigenvalue weighted by atomic mass is 32.2. The second kappa shape index (κ2) is 10.6. The Morgan fingerprint density at radius 2 is 1.61 bits per heavy atom. The van der Waals surface area contributed by atoms with Crippen LogP contribution < -0.4 is 10.1 Å². The summed E-state index contributed by atoms with van der Waals surface area (Å²) in [6, 6.07) is 23.4. The third kappa shape index (κ3) is 6.00. The van der Waals surface area contributed by atoms with E-state index in [-0.39, 0.29) is 10.8 Å². The number of piperidine rings is 1. The first kappa shape index (κ1) is 23.0. The molecule has 0 saturated carbocycles. The summed E-state index contributed by atoms with van der Waals surface area (Å²) >= 11 is 0. The molecular formula is C26H28N2O4S. The number of benzene rings is 3. The minimum Gasteiger partial charge on any atom is -0.493 e. The fraction of sp³-hybridized carbons (Fsp3) is 0.269. The van der Waals surface area contributed by atoms with Crippen molar-refractivity contribution in [2.45, 2.75) is 30.6 Å². The van der Waals surface area contributed by atoms with Crippen LogP contribution in [0.2, 0.25) is 0 Å². The lowest BCUT2D eigenvalue weighted by molar-refractivity contribution is 0.102. The topological polar surface area (TPSA) is 75.7 Å². The van der Waals surface area contributed by atoms with Gasteiger partial charge in [0, 0.05) is 30.8 Å². The van der Waals surface area contributed by atoms with E-state index >= 15 is 0 Å². The van der Waals surface area contributed by atoms with Gasteiger partial charge in [-0.05, 0) is 60.9 Å². The lowest BCUT2D eigenvalue weighted by Gasteiger charge is -2.25. The summed E-state index contributed by atoms with van der Waals surface area (Å²) in [5, 5.41) is 2.82. The smallest absolute Gasteiger partial charge is 0.255 e. The van der Waals surface area contributed by atoms with Crippen LogP contribution in [0.3, 0.4) is 0 Å². The van der Waals surface area contributed by atoms with E-state index in [0.29, 0.717) is 36.7 Å². The van der Waals surface area contributed by atoms with Gasteiger partial charge < -0.3 is 10.1 Å². The van der Waals surface area contributed by atoms with Crippen LogP contribution in [-0.2, 0) is 16.4 Å². The fourth-order valence-corrected chi connectivity index (χ4v) is 5.34. The predicted octanol–water partition coefficient (Wildman–Crippen LogP) is 4.74. The molecule has 0 spiro atoms. The maximum atomic E-state index is 12.8. The quantitative estimate of drug-likeness (QED) is 0.523. The first-order valence-corrected chi connectivity index (χ1v) is 12.6. The molecule has 0 atom stereocenters. The molecule has 0 unspecified atom stereocenters. The first-order valence-electron chi connectivity index (χ1n) is 11.2. The third-order valence-electron chi connectivity index (χ3n) is 5.66. The van der Waals surface area contributed by atoms with E-state index in [1.165, 1.54) is 9.87 Å². The Morgan fingerprint density at radius 3 is 2.33 bits per heavy atom. The van der Waals surface area contributed by atoms with Crippen LogP contribution in [0.15, 0.2) is 83.8 Å². The highest BCUT2D eigenvalue weighted by molar-refractivity contribution is 7.89. The zero-order valence-corrected chi connectivity index (χ0v) is 19.3.